The Bertz CT molecular complexity index is 370. The molecule has 0 spiro atoms. The first-order chi connectivity index (χ1) is 9.53. The normalized spacial score (nSPS) is 13.2. The average Bonchev–Trinajstić information content (AvgIpc) is 2.47. The Hall–Kier alpha value is -1.02. The molecule has 0 bridgehead atoms. The average molecular weight is 277 g/mol. The third kappa shape index (κ3) is 5.16. The van der Waals surface area contributed by atoms with Crippen LogP contribution in [0.1, 0.15) is 59.4 Å². The van der Waals surface area contributed by atoms with Crippen molar-refractivity contribution < 1.29 is 4.74 Å². The largest absolute Gasteiger partial charge is 0.489 e. The van der Waals surface area contributed by atoms with E-state index in [1.165, 1.54) is 5.56 Å². The number of ether oxygens (including phenoxy) is 1. The second-order valence-electron chi connectivity index (χ2n) is 6.11. The molecule has 0 aromatic heterocycles. The van der Waals surface area contributed by atoms with Crippen LogP contribution in [0.15, 0.2) is 24.3 Å². The van der Waals surface area contributed by atoms with Crippen LogP contribution >= 0.6 is 0 Å². The zero-order valence-corrected chi connectivity index (χ0v) is 13.8. The van der Waals surface area contributed by atoms with Crippen LogP contribution in [0.3, 0.4) is 0 Å². The van der Waals surface area contributed by atoms with E-state index in [9.17, 15) is 0 Å². The van der Waals surface area contributed by atoms with Gasteiger partial charge in [-0.15, -0.1) is 0 Å². The minimum Gasteiger partial charge on any atom is -0.489 e. The molecule has 1 aromatic rings. The van der Waals surface area contributed by atoms with E-state index in [2.05, 4.69) is 64.2 Å². The Morgan fingerprint density at radius 2 is 1.75 bits per heavy atom. The number of nitrogens with one attached hydrogen (secondary N) is 1. The van der Waals surface area contributed by atoms with Crippen LogP contribution in [-0.4, -0.2) is 19.2 Å². The molecule has 20 heavy (non-hydrogen) atoms. The van der Waals surface area contributed by atoms with Gasteiger partial charge in [0, 0.05) is 6.54 Å². The zero-order chi connectivity index (χ0) is 15.0. The minimum absolute atomic E-state index is 0.241. The van der Waals surface area contributed by atoms with Gasteiger partial charge in [-0.25, -0.2) is 0 Å². The molecule has 1 rings (SSSR count). The van der Waals surface area contributed by atoms with Crippen molar-refractivity contribution in [3.05, 3.63) is 29.8 Å². The van der Waals surface area contributed by atoms with Crippen LogP contribution < -0.4 is 10.1 Å². The van der Waals surface area contributed by atoms with Crippen LogP contribution in [0.4, 0.5) is 0 Å². The zero-order valence-electron chi connectivity index (χ0n) is 13.8. The summed E-state index contributed by atoms with van der Waals surface area (Å²) >= 11 is 0. The molecular formula is C18H31NO. The van der Waals surface area contributed by atoms with Crippen molar-refractivity contribution in [2.75, 3.05) is 13.1 Å². The van der Waals surface area contributed by atoms with Crippen molar-refractivity contribution >= 4 is 0 Å². The third-order valence-corrected chi connectivity index (χ3v) is 4.08. The summed E-state index contributed by atoms with van der Waals surface area (Å²) in [5, 5.41) is 3.43. The lowest BCUT2D eigenvalue weighted by Crippen LogP contribution is -2.31. The summed E-state index contributed by atoms with van der Waals surface area (Å²) in [6.07, 6.45) is 3.59. The molecule has 1 atom stereocenters. The molecule has 1 N–H and O–H groups in total. The summed E-state index contributed by atoms with van der Waals surface area (Å²) < 4.78 is 6.05. The van der Waals surface area contributed by atoms with E-state index in [4.69, 9.17) is 4.74 Å². The SMILES string of the molecule is CCCNCC(CC)Oc1ccc(C(C)(C)CC)cc1. The van der Waals surface area contributed by atoms with Gasteiger partial charge in [0.05, 0.1) is 0 Å². The molecule has 0 radical (unpaired) electrons. The van der Waals surface area contributed by atoms with Crippen LogP contribution in [0.2, 0.25) is 0 Å². The van der Waals surface area contributed by atoms with Crippen LogP contribution in [0, 0.1) is 0 Å². The number of rotatable bonds is 9. The lowest BCUT2D eigenvalue weighted by Gasteiger charge is -2.24. The van der Waals surface area contributed by atoms with E-state index in [0.717, 1.165) is 38.1 Å². The monoisotopic (exact) mass is 277 g/mol. The van der Waals surface area contributed by atoms with Crippen molar-refractivity contribution in [1.82, 2.24) is 5.32 Å². The number of hydrogen-bond acceptors (Lipinski definition) is 2. The van der Waals surface area contributed by atoms with Crippen LogP contribution in [0.5, 0.6) is 5.75 Å². The predicted octanol–water partition coefficient (Wildman–Crippen LogP) is 4.53. The van der Waals surface area contributed by atoms with Crippen molar-refractivity contribution in [1.29, 1.82) is 0 Å². The van der Waals surface area contributed by atoms with Gasteiger partial charge < -0.3 is 10.1 Å². The predicted molar refractivity (Wildman–Crippen MR) is 87.6 cm³/mol. The highest BCUT2D eigenvalue weighted by molar-refractivity contribution is 5.31. The molecular weight excluding hydrogens is 246 g/mol. The molecule has 2 nitrogen and oxygen atoms in total. The molecule has 114 valence electrons. The lowest BCUT2D eigenvalue weighted by molar-refractivity contribution is 0.193. The van der Waals surface area contributed by atoms with Crippen molar-refractivity contribution in [2.45, 2.75) is 65.4 Å². The lowest BCUT2D eigenvalue weighted by atomic mass is 9.82. The standard InChI is InChI=1S/C18H31NO/c1-6-13-19-14-16(7-2)20-17-11-9-15(10-12-17)18(4,5)8-3/h9-12,16,19H,6-8,13-14H2,1-5H3. The summed E-state index contributed by atoms with van der Waals surface area (Å²) in [6.45, 7) is 13.1. The maximum absolute atomic E-state index is 6.05. The Labute approximate surface area is 124 Å². The highest BCUT2D eigenvalue weighted by Crippen LogP contribution is 2.28. The molecule has 2 heteroatoms. The molecule has 0 aliphatic rings. The van der Waals surface area contributed by atoms with Crippen LogP contribution in [0.25, 0.3) is 0 Å². The first-order valence-corrected chi connectivity index (χ1v) is 8.01. The Balaban J connectivity index is 2.59. The Morgan fingerprint density at radius 3 is 2.25 bits per heavy atom. The number of hydrogen-bond donors (Lipinski definition) is 1. The fourth-order valence-corrected chi connectivity index (χ4v) is 2.09. The van der Waals surface area contributed by atoms with E-state index >= 15 is 0 Å². The van der Waals surface area contributed by atoms with E-state index < -0.39 is 0 Å². The molecule has 0 saturated heterocycles. The summed E-state index contributed by atoms with van der Waals surface area (Å²) in [6, 6.07) is 8.61. The molecule has 0 heterocycles. The molecule has 1 aromatic carbocycles. The smallest absolute Gasteiger partial charge is 0.119 e. The maximum Gasteiger partial charge on any atom is 0.119 e. The van der Waals surface area contributed by atoms with E-state index in [-0.39, 0.29) is 11.5 Å². The molecule has 0 aliphatic heterocycles. The second-order valence-corrected chi connectivity index (χ2v) is 6.11. The Morgan fingerprint density at radius 1 is 1.10 bits per heavy atom. The molecule has 0 fully saturated rings. The van der Waals surface area contributed by atoms with Crippen molar-refractivity contribution in [3.8, 4) is 5.75 Å². The van der Waals surface area contributed by atoms with Gasteiger partial charge >= 0.3 is 0 Å². The highest BCUT2D eigenvalue weighted by Gasteiger charge is 2.17. The van der Waals surface area contributed by atoms with Crippen molar-refractivity contribution in [2.24, 2.45) is 0 Å². The summed E-state index contributed by atoms with van der Waals surface area (Å²) in [7, 11) is 0. The maximum atomic E-state index is 6.05. The highest BCUT2D eigenvalue weighted by atomic mass is 16.5. The minimum atomic E-state index is 0.241. The van der Waals surface area contributed by atoms with E-state index in [1.807, 2.05) is 0 Å². The van der Waals surface area contributed by atoms with E-state index in [1.54, 1.807) is 0 Å². The fraction of sp³-hybridized carbons (Fsp3) is 0.667. The quantitative estimate of drug-likeness (QED) is 0.670. The second kappa shape index (κ2) is 8.31. The molecule has 0 aliphatic carbocycles. The first kappa shape index (κ1) is 17.0. The van der Waals surface area contributed by atoms with Gasteiger partial charge in [0.1, 0.15) is 11.9 Å². The first-order valence-electron chi connectivity index (χ1n) is 8.01. The Kier molecular flexibility index (Phi) is 7.08. The van der Waals surface area contributed by atoms with Gasteiger partial charge in [0.15, 0.2) is 0 Å². The van der Waals surface area contributed by atoms with Gasteiger partial charge in [0.25, 0.3) is 0 Å². The third-order valence-electron chi connectivity index (χ3n) is 4.08. The van der Waals surface area contributed by atoms with E-state index in [0.29, 0.717) is 0 Å². The van der Waals surface area contributed by atoms with Gasteiger partial charge in [0.2, 0.25) is 0 Å². The molecule has 1 unspecified atom stereocenters. The van der Waals surface area contributed by atoms with Gasteiger partial charge in [-0.2, -0.15) is 0 Å². The topological polar surface area (TPSA) is 21.3 Å². The fourth-order valence-electron chi connectivity index (χ4n) is 2.09. The molecule has 0 saturated carbocycles. The van der Waals surface area contributed by atoms with Gasteiger partial charge in [-0.3, -0.25) is 0 Å². The van der Waals surface area contributed by atoms with Crippen LogP contribution in [-0.2, 0) is 5.41 Å². The summed E-state index contributed by atoms with van der Waals surface area (Å²) in [5.41, 5.74) is 1.62. The van der Waals surface area contributed by atoms with Gasteiger partial charge in [-0.1, -0.05) is 46.8 Å². The summed E-state index contributed by atoms with van der Waals surface area (Å²) in [5.74, 6) is 0.978. The molecule has 0 amide bonds. The van der Waals surface area contributed by atoms with Gasteiger partial charge in [-0.05, 0) is 48.9 Å². The summed E-state index contributed by atoms with van der Waals surface area (Å²) in [4.78, 5) is 0. The number of benzene rings is 1. The van der Waals surface area contributed by atoms with Crippen molar-refractivity contribution in [3.63, 3.8) is 0 Å².